The van der Waals surface area contributed by atoms with Crippen molar-refractivity contribution < 1.29 is 9.59 Å². The van der Waals surface area contributed by atoms with Gasteiger partial charge in [0.15, 0.2) is 0 Å². The van der Waals surface area contributed by atoms with Crippen molar-refractivity contribution in [3.63, 3.8) is 0 Å². The van der Waals surface area contributed by atoms with Gasteiger partial charge in [0.25, 0.3) is 0 Å². The molecule has 6 nitrogen and oxygen atoms in total. The minimum atomic E-state index is -0.286. The van der Waals surface area contributed by atoms with Gasteiger partial charge in [-0.1, -0.05) is 12.1 Å². The standard InChI is InChI=1S/C15H18N4O2/c1-11-15(21)17-5-6-19(11)10-14(20)18-9-13-4-2-3-12(7-13)8-16/h2-4,7,11H,5-6,9-10H2,1H3,(H,17,21)(H,18,20). The van der Waals surface area contributed by atoms with E-state index in [0.29, 0.717) is 25.2 Å². The number of carbonyl (C=O) groups excluding carboxylic acids is 2. The third-order valence-electron chi connectivity index (χ3n) is 3.52. The van der Waals surface area contributed by atoms with E-state index in [2.05, 4.69) is 16.7 Å². The Kier molecular flexibility index (Phi) is 4.90. The summed E-state index contributed by atoms with van der Waals surface area (Å²) in [6.45, 7) is 3.61. The highest BCUT2D eigenvalue weighted by Gasteiger charge is 2.26. The molecule has 1 fully saturated rings. The Hall–Kier alpha value is -2.39. The molecule has 0 bridgehead atoms. The number of hydrogen-bond donors (Lipinski definition) is 2. The molecule has 110 valence electrons. The van der Waals surface area contributed by atoms with Crippen molar-refractivity contribution in [2.75, 3.05) is 19.6 Å². The van der Waals surface area contributed by atoms with Crippen molar-refractivity contribution in [2.45, 2.75) is 19.5 Å². The van der Waals surface area contributed by atoms with Crippen molar-refractivity contribution in [3.8, 4) is 6.07 Å². The van der Waals surface area contributed by atoms with Crippen LogP contribution in [-0.2, 0) is 16.1 Å². The number of piperazine rings is 1. The summed E-state index contributed by atoms with van der Waals surface area (Å²) in [6, 6.07) is 8.90. The zero-order valence-corrected chi connectivity index (χ0v) is 11.9. The van der Waals surface area contributed by atoms with Gasteiger partial charge in [-0.15, -0.1) is 0 Å². The van der Waals surface area contributed by atoms with Crippen LogP contribution in [0.5, 0.6) is 0 Å². The minimum absolute atomic E-state index is 0.0456. The molecular formula is C15H18N4O2. The number of hydrogen-bond acceptors (Lipinski definition) is 4. The lowest BCUT2D eigenvalue weighted by atomic mass is 10.1. The zero-order chi connectivity index (χ0) is 15.2. The van der Waals surface area contributed by atoms with Crippen LogP contribution in [0.2, 0.25) is 0 Å². The molecule has 0 radical (unpaired) electrons. The van der Waals surface area contributed by atoms with Crippen molar-refractivity contribution in [3.05, 3.63) is 35.4 Å². The highest BCUT2D eigenvalue weighted by molar-refractivity contribution is 5.84. The van der Waals surface area contributed by atoms with Gasteiger partial charge in [-0.05, 0) is 24.6 Å². The maximum Gasteiger partial charge on any atom is 0.237 e. The molecule has 1 aromatic rings. The number of carbonyl (C=O) groups is 2. The molecule has 1 saturated heterocycles. The number of rotatable bonds is 4. The second-order valence-corrected chi connectivity index (χ2v) is 5.03. The first-order valence-electron chi connectivity index (χ1n) is 6.87. The number of nitrogens with one attached hydrogen (secondary N) is 2. The molecular weight excluding hydrogens is 268 g/mol. The molecule has 0 aliphatic carbocycles. The minimum Gasteiger partial charge on any atom is -0.353 e. The van der Waals surface area contributed by atoms with Crippen molar-refractivity contribution in [2.24, 2.45) is 0 Å². The summed E-state index contributed by atoms with van der Waals surface area (Å²) in [5.74, 6) is -0.172. The third-order valence-corrected chi connectivity index (χ3v) is 3.52. The van der Waals surface area contributed by atoms with Gasteiger partial charge in [-0.3, -0.25) is 14.5 Å². The van der Waals surface area contributed by atoms with E-state index in [1.807, 2.05) is 11.0 Å². The van der Waals surface area contributed by atoms with Crippen LogP contribution in [0.15, 0.2) is 24.3 Å². The molecule has 1 unspecified atom stereocenters. The van der Waals surface area contributed by atoms with Crippen LogP contribution in [0.1, 0.15) is 18.1 Å². The van der Waals surface area contributed by atoms with Crippen LogP contribution >= 0.6 is 0 Å². The molecule has 2 N–H and O–H groups in total. The molecule has 1 heterocycles. The van der Waals surface area contributed by atoms with E-state index in [9.17, 15) is 9.59 Å². The average molecular weight is 286 g/mol. The van der Waals surface area contributed by atoms with E-state index in [1.165, 1.54) is 0 Å². The summed E-state index contributed by atoms with van der Waals surface area (Å²) in [6.07, 6.45) is 0. The van der Waals surface area contributed by atoms with Gasteiger partial charge in [0.05, 0.1) is 24.2 Å². The number of nitrogens with zero attached hydrogens (tertiary/aromatic N) is 2. The molecule has 0 aromatic heterocycles. The largest absolute Gasteiger partial charge is 0.353 e. The Morgan fingerprint density at radius 3 is 3.14 bits per heavy atom. The fourth-order valence-electron chi connectivity index (χ4n) is 2.24. The fourth-order valence-corrected chi connectivity index (χ4v) is 2.24. The number of nitriles is 1. The third kappa shape index (κ3) is 4.04. The molecule has 0 spiro atoms. The summed E-state index contributed by atoms with van der Waals surface area (Å²) < 4.78 is 0. The summed E-state index contributed by atoms with van der Waals surface area (Å²) >= 11 is 0. The molecule has 21 heavy (non-hydrogen) atoms. The first kappa shape index (κ1) is 15.0. The van der Waals surface area contributed by atoms with Gasteiger partial charge in [-0.2, -0.15) is 5.26 Å². The lowest BCUT2D eigenvalue weighted by molar-refractivity contribution is -0.130. The van der Waals surface area contributed by atoms with E-state index in [-0.39, 0.29) is 24.4 Å². The van der Waals surface area contributed by atoms with Gasteiger partial charge in [0, 0.05) is 19.6 Å². The van der Waals surface area contributed by atoms with E-state index >= 15 is 0 Å². The van der Waals surface area contributed by atoms with Crippen LogP contribution < -0.4 is 10.6 Å². The van der Waals surface area contributed by atoms with Crippen LogP contribution in [0.3, 0.4) is 0 Å². The first-order chi connectivity index (χ1) is 10.1. The second kappa shape index (κ2) is 6.86. The summed E-state index contributed by atoms with van der Waals surface area (Å²) in [5, 5.41) is 14.4. The lowest BCUT2D eigenvalue weighted by Gasteiger charge is -2.31. The number of amides is 2. The van der Waals surface area contributed by atoms with Gasteiger partial charge in [0.1, 0.15) is 0 Å². The second-order valence-electron chi connectivity index (χ2n) is 5.03. The van der Waals surface area contributed by atoms with Gasteiger partial charge in [-0.25, -0.2) is 0 Å². The van der Waals surface area contributed by atoms with Crippen LogP contribution in [-0.4, -0.2) is 42.4 Å². The maximum atomic E-state index is 11.9. The van der Waals surface area contributed by atoms with Crippen molar-refractivity contribution in [1.82, 2.24) is 15.5 Å². The Morgan fingerprint density at radius 2 is 2.38 bits per heavy atom. The normalized spacial score (nSPS) is 18.7. The average Bonchev–Trinajstić information content (AvgIpc) is 2.50. The predicted octanol–water partition coefficient (Wildman–Crippen LogP) is -0.00522. The topological polar surface area (TPSA) is 85.2 Å². The van der Waals surface area contributed by atoms with E-state index in [4.69, 9.17) is 5.26 Å². The lowest BCUT2D eigenvalue weighted by Crippen LogP contribution is -2.56. The Labute approximate surface area is 123 Å². The highest BCUT2D eigenvalue weighted by Crippen LogP contribution is 2.05. The highest BCUT2D eigenvalue weighted by atomic mass is 16.2. The predicted molar refractivity (Wildman–Crippen MR) is 77.0 cm³/mol. The quantitative estimate of drug-likeness (QED) is 0.815. The summed E-state index contributed by atoms with van der Waals surface area (Å²) in [5.41, 5.74) is 1.45. The van der Waals surface area contributed by atoms with E-state index in [1.54, 1.807) is 25.1 Å². The van der Waals surface area contributed by atoms with Gasteiger partial charge < -0.3 is 10.6 Å². The Morgan fingerprint density at radius 1 is 1.57 bits per heavy atom. The van der Waals surface area contributed by atoms with E-state index in [0.717, 1.165) is 5.56 Å². The molecule has 1 atom stereocenters. The SMILES string of the molecule is CC1C(=O)NCCN1CC(=O)NCc1cccc(C#N)c1. The van der Waals surface area contributed by atoms with Crippen molar-refractivity contribution >= 4 is 11.8 Å². The maximum absolute atomic E-state index is 11.9. The molecule has 2 rings (SSSR count). The van der Waals surface area contributed by atoms with Crippen molar-refractivity contribution in [1.29, 1.82) is 5.26 Å². The molecule has 1 aliphatic rings. The summed E-state index contributed by atoms with van der Waals surface area (Å²) in [7, 11) is 0. The van der Waals surface area contributed by atoms with Crippen LogP contribution in [0, 0.1) is 11.3 Å². The smallest absolute Gasteiger partial charge is 0.237 e. The zero-order valence-electron chi connectivity index (χ0n) is 11.9. The molecule has 1 aromatic carbocycles. The first-order valence-corrected chi connectivity index (χ1v) is 6.87. The Bertz CT molecular complexity index is 579. The fraction of sp³-hybridized carbons (Fsp3) is 0.400. The van der Waals surface area contributed by atoms with E-state index < -0.39 is 0 Å². The van der Waals surface area contributed by atoms with Crippen LogP contribution in [0.4, 0.5) is 0 Å². The Balaban J connectivity index is 1.84. The molecule has 2 amide bonds. The summed E-state index contributed by atoms with van der Waals surface area (Å²) in [4.78, 5) is 25.3. The molecule has 1 aliphatic heterocycles. The van der Waals surface area contributed by atoms with Gasteiger partial charge >= 0.3 is 0 Å². The van der Waals surface area contributed by atoms with Gasteiger partial charge in [0.2, 0.25) is 11.8 Å². The molecule has 6 heteroatoms. The number of benzene rings is 1. The molecule has 0 saturated carbocycles. The monoisotopic (exact) mass is 286 g/mol. The van der Waals surface area contributed by atoms with Crippen LogP contribution in [0.25, 0.3) is 0 Å².